The van der Waals surface area contributed by atoms with Crippen LogP contribution in [0.3, 0.4) is 0 Å². The third-order valence-corrected chi connectivity index (χ3v) is 3.32. The normalized spacial score (nSPS) is 14.1. The number of benzene rings is 1. The molecule has 2 N–H and O–H groups in total. The molecule has 1 amide bonds. The van der Waals surface area contributed by atoms with Crippen LogP contribution in [0.25, 0.3) is 0 Å². The second-order valence-corrected chi connectivity index (χ2v) is 5.05. The SMILES string of the molecule is C[C@H](NC(=O)C(F)(F)c1ccccn1)[C@@H](O)c1ccc(F)cc1. The van der Waals surface area contributed by atoms with Crippen molar-refractivity contribution in [3.63, 3.8) is 0 Å². The fourth-order valence-corrected chi connectivity index (χ4v) is 1.99. The van der Waals surface area contributed by atoms with Gasteiger partial charge in [-0.2, -0.15) is 8.78 Å². The first kappa shape index (κ1) is 17.0. The molecule has 2 aromatic rings. The van der Waals surface area contributed by atoms with Gasteiger partial charge < -0.3 is 10.4 Å². The average molecular weight is 324 g/mol. The number of aromatic nitrogens is 1. The van der Waals surface area contributed by atoms with Gasteiger partial charge in [0.25, 0.3) is 5.91 Å². The summed E-state index contributed by atoms with van der Waals surface area (Å²) in [6.07, 6.45) is -0.0908. The standard InChI is InChI=1S/C16H15F3N2O2/c1-10(14(22)11-5-7-12(17)8-6-11)21-15(23)16(18,19)13-4-2-3-9-20-13/h2-10,14,22H,1H3,(H,21,23)/t10-,14+/m0/s1. The Bertz CT molecular complexity index is 663. The average Bonchev–Trinajstić information content (AvgIpc) is 2.55. The number of hydrogen-bond donors (Lipinski definition) is 2. The van der Waals surface area contributed by atoms with Gasteiger partial charge in [-0.1, -0.05) is 18.2 Å². The van der Waals surface area contributed by atoms with Crippen molar-refractivity contribution >= 4 is 5.91 Å². The maximum Gasteiger partial charge on any atom is 0.366 e. The number of carbonyl (C=O) groups excluding carboxylic acids is 1. The lowest BCUT2D eigenvalue weighted by Crippen LogP contribution is -2.45. The lowest BCUT2D eigenvalue weighted by molar-refractivity contribution is -0.149. The maximum absolute atomic E-state index is 14.0. The monoisotopic (exact) mass is 324 g/mol. The number of halogens is 3. The van der Waals surface area contributed by atoms with E-state index in [-0.39, 0.29) is 0 Å². The first-order chi connectivity index (χ1) is 10.8. The zero-order chi connectivity index (χ0) is 17.0. The molecule has 0 radical (unpaired) electrons. The predicted octanol–water partition coefficient (Wildman–Crippen LogP) is 2.55. The zero-order valence-corrected chi connectivity index (χ0v) is 12.2. The highest BCUT2D eigenvalue weighted by Gasteiger charge is 2.43. The summed E-state index contributed by atoms with van der Waals surface area (Å²) >= 11 is 0. The van der Waals surface area contributed by atoms with E-state index in [4.69, 9.17) is 0 Å². The summed E-state index contributed by atoms with van der Waals surface area (Å²) < 4.78 is 40.9. The fraction of sp³-hybridized carbons (Fsp3) is 0.250. The summed E-state index contributed by atoms with van der Waals surface area (Å²) in [6, 6.07) is 7.76. The molecule has 4 nitrogen and oxygen atoms in total. The molecule has 1 aromatic carbocycles. The molecule has 23 heavy (non-hydrogen) atoms. The van der Waals surface area contributed by atoms with Crippen LogP contribution in [-0.2, 0) is 10.7 Å². The number of aliphatic hydroxyl groups is 1. The van der Waals surface area contributed by atoms with Gasteiger partial charge in [-0.15, -0.1) is 0 Å². The first-order valence-electron chi connectivity index (χ1n) is 6.86. The Morgan fingerprint density at radius 1 is 1.22 bits per heavy atom. The summed E-state index contributed by atoms with van der Waals surface area (Å²) in [5, 5.41) is 12.1. The molecule has 2 rings (SSSR count). The molecule has 0 aliphatic heterocycles. The summed E-state index contributed by atoms with van der Waals surface area (Å²) in [6.45, 7) is 1.38. The van der Waals surface area contributed by atoms with Gasteiger partial charge in [-0.25, -0.2) is 4.39 Å². The number of aliphatic hydroxyl groups excluding tert-OH is 1. The van der Waals surface area contributed by atoms with Crippen molar-refractivity contribution in [1.82, 2.24) is 10.3 Å². The quantitative estimate of drug-likeness (QED) is 0.888. The number of nitrogens with one attached hydrogen (secondary N) is 1. The van der Waals surface area contributed by atoms with Crippen molar-refractivity contribution in [3.05, 3.63) is 65.7 Å². The van der Waals surface area contributed by atoms with Gasteiger partial charge in [0.2, 0.25) is 0 Å². The van der Waals surface area contributed by atoms with Crippen molar-refractivity contribution in [1.29, 1.82) is 0 Å². The van der Waals surface area contributed by atoms with E-state index in [2.05, 4.69) is 10.3 Å². The van der Waals surface area contributed by atoms with E-state index in [0.29, 0.717) is 5.56 Å². The molecule has 0 unspecified atom stereocenters. The predicted molar refractivity (Wildman–Crippen MR) is 77.1 cm³/mol. The third-order valence-electron chi connectivity index (χ3n) is 3.32. The van der Waals surface area contributed by atoms with E-state index < -0.39 is 35.5 Å². The van der Waals surface area contributed by atoms with Crippen LogP contribution in [-0.4, -0.2) is 22.0 Å². The molecule has 0 saturated carbocycles. The molecule has 0 aliphatic carbocycles. The summed E-state index contributed by atoms with van der Waals surface area (Å²) in [5.74, 6) is -5.87. The molecule has 1 aromatic heterocycles. The van der Waals surface area contributed by atoms with E-state index in [0.717, 1.165) is 24.4 Å². The Balaban J connectivity index is 2.08. The number of alkyl halides is 2. The summed E-state index contributed by atoms with van der Waals surface area (Å²) in [4.78, 5) is 15.3. The number of rotatable bonds is 5. The van der Waals surface area contributed by atoms with Gasteiger partial charge in [0, 0.05) is 6.20 Å². The molecule has 0 fully saturated rings. The first-order valence-corrected chi connectivity index (χ1v) is 6.86. The third kappa shape index (κ3) is 3.87. The number of nitrogens with zero attached hydrogens (tertiary/aromatic N) is 1. The highest BCUT2D eigenvalue weighted by atomic mass is 19.3. The van der Waals surface area contributed by atoms with Gasteiger partial charge in [0.05, 0.1) is 12.1 Å². The van der Waals surface area contributed by atoms with Gasteiger partial charge in [-0.05, 0) is 36.8 Å². The van der Waals surface area contributed by atoms with Gasteiger partial charge in [0.1, 0.15) is 11.5 Å². The van der Waals surface area contributed by atoms with E-state index in [1.54, 1.807) is 0 Å². The van der Waals surface area contributed by atoms with Crippen molar-refractivity contribution in [2.45, 2.75) is 25.0 Å². The van der Waals surface area contributed by atoms with Crippen LogP contribution in [0, 0.1) is 5.82 Å². The van der Waals surface area contributed by atoms with Gasteiger partial charge in [-0.3, -0.25) is 9.78 Å². The van der Waals surface area contributed by atoms with E-state index in [9.17, 15) is 23.1 Å². The number of carbonyl (C=O) groups is 1. The lowest BCUT2D eigenvalue weighted by Gasteiger charge is -2.23. The lowest BCUT2D eigenvalue weighted by atomic mass is 10.0. The largest absolute Gasteiger partial charge is 0.386 e. The molecule has 2 atom stereocenters. The van der Waals surface area contributed by atoms with Crippen LogP contribution in [0.5, 0.6) is 0 Å². The maximum atomic E-state index is 14.0. The molecule has 0 bridgehead atoms. The Kier molecular flexibility index (Phi) is 5.00. The molecule has 0 aliphatic rings. The fourth-order valence-electron chi connectivity index (χ4n) is 1.99. The highest BCUT2D eigenvalue weighted by Crippen LogP contribution is 2.27. The molecule has 0 spiro atoms. The Morgan fingerprint density at radius 2 is 1.87 bits per heavy atom. The Morgan fingerprint density at radius 3 is 2.43 bits per heavy atom. The number of pyridine rings is 1. The molecule has 0 saturated heterocycles. The van der Waals surface area contributed by atoms with Crippen LogP contribution in [0.4, 0.5) is 13.2 Å². The van der Waals surface area contributed by atoms with E-state index in [1.165, 1.54) is 31.2 Å². The summed E-state index contributed by atoms with van der Waals surface area (Å²) in [7, 11) is 0. The smallest absolute Gasteiger partial charge is 0.366 e. The molecular formula is C16H15F3N2O2. The highest BCUT2D eigenvalue weighted by molar-refractivity contribution is 5.84. The number of amides is 1. The van der Waals surface area contributed by atoms with E-state index in [1.807, 2.05) is 0 Å². The van der Waals surface area contributed by atoms with Gasteiger partial charge in [0.15, 0.2) is 0 Å². The Labute approximate surface area is 131 Å². The van der Waals surface area contributed by atoms with Crippen molar-refractivity contribution in [3.8, 4) is 0 Å². The van der Waals surface area contributed by atoms with Crippen LogP contribution < -0.4 is 5.32 Å². The minimum Gasteiger partial charge on any atom is -0.386 e. The van der Waals surface area contributed by atoms with Crippen LogP contribution in [0.2, 0.25) is 0 Å². The molecule has 7 heteroatoms. The van der Waals surface area contributed by atoms with Gasteiger partial charge >= 0.3 is 5.92 Å². The second kappa shape index (κ2) is 6.78. The molecule has 122 valence electrons. The van der Waals surface area contributed by atoms with E-state index >= 15 is 0 Å². The number of hydrogen-bond acceptors (Lipinski definition) is 3. The van der Waals surface area contributed by atoms with Crippen molar-refractivity contribution in [2.24, 2.45) is 0 Å². The van der Waals surface area contributed by atoms with Crippen LogP contribution in [0.1, 0.15) is 24.3 Å². The molecule has 1 heterocycles. The minimum atomic E-state index is -3.82. The zero-order valence-electron chi connectivity index (χ0n) is 12.2. The summed E-state index contributed by atoms with van der Waals surface area (Å²) in [5.41, 5.74) is -0.374. The van der Waals surface area contributed by atoms with Crippen molar-refractivity contribution < 1.29 is 23.1 Å². The van der Waals surface area contributed by atoms with Crippen LogP contribution in [0.15, 0.2) is 48.7 Å². The minimum absolute atomic E-state index is 0.306. The second-order valence-electron chi connectivity index (χ2n) is 5.05. The van der Waals surface area contributed by atoms with Crippen molar-refractivity contribution in [2.75, 3.05) is 0 Å². The molecular weight excluding hydrogens is 309 g/mol. The topological polar surface area (TPSA) is 62.2 Å². The Hall–Kier alpha value is -2.41. The van der Waals surface area contributed by atoms with Crippen LogP contribution >= 0.6 is 0 Å².